The molecule has 4 saturated carbocycles. The first kappa shape index (κ1) is 12.8. The topological polar surface area (TPSA) is 67.6 Å². The quantitative estimate of drug-likeness (QED) is 0.871. The van der Waals surface area contributed by atoms with Crippen LogP contribution in [0.3, 0.4) is 0 Å². The Morgan fingerprint density at radius 3 is 2.30 bits per heavy atom. The highest BCUT2D eigenvalue weighted by molar-refractivity contribution is 5.22. The highest BCUT2D eigenvalue weighted by Gasteiger charge is 2.61. The van der Waals surface area contributed by atoms with E-state index in [1.807, 2.05) is 6.92 Å². The number of rotatable bonds is 2. The normalized spacial score (nSPS) is 47.7. The second-order valence-corrected chi connectivity index (χ2v) is 8.74. The standard InChI is InChI=1S/C16H26N4/c1-10(17)12-18-13(20-19-12)16-6-11-4-14(2,8-16)7-15(3,5-11)9-16/h10-11H,4-9,17H2,1-3H3,(H,18,19,20). The Kier molecular flexibility index (Phi) is 2.34. The summed E-state index contributed by atoms with van der Waals surface area (Å²) in [6.45, 7) is 6.94. The van der Waals surface area contributed by atoms with Crippen LogP contribution in [0.2, 0.25) is 0 Å². The summed E-state index contributed by atoms with van der Waals surface area (Å²) in [6.07, 6.45) is 8.03. The van der Waals surface area contributed by atoms with Crippen LogP contribution in [0.4, 0.5) is 0 Å². The zero-order valence-electron chi connectivity index (χ0n) is 12.9. The van der Waals surface area contributed by atoms with Gasteiger partial charge in [-0.25, -0.2) is 4.98 Å². The zero-order valence-corrected chi connectivity index (χ0v) is 12.9. The van der Waals surface area contributed by atoms with E-state index in [4.69, 9.17) is 10.7 Å². The molecule has 3 atom stereocenters. The third-order valence-corrected chi connectivity index (χ3v) is 6.03. The first-order valence-corrected chi connectivity index (χ1v) is 8.00. The van der Waals surface area contributed by atoms with E-state index >= 15 is 0 Å². The van der Waals surface area contributed by atoms with Crippen molar-refractivity contribution in [2.45, 2.75) is 70.8 Å². The predicted octanol–water partition coefficient (Wildman–Crippen LogP) is 3.07. The second-order valence-electron chi connectivity index (χ2n) is 8.74. The summed E-state index contributed by atoms with van der Waals surface area (Å²) in [4.78, 5) is 4.77. The second kappa shape index (κ2) is 3.65. The fraction of sp³-hybridized carbons (Fsp3) is 0.875. The molecule has 4 heteroatoms. The van der Waals surface area contributed by atoms with Crippen molar-refractivity contribution in [3.8, 4) is 0 Å². The maximum absolute atomic E-state index is 5.94. The smallest absolute Gasteiger partial charge is 0.156 e. The van der Waals surface area contributed by atoms with Crippen LogP contribution in [-0.4, -0.2) is 15.2 Å². The van der Waals surface area contributed by atoms with Gasteiger partial charge in [-0.1, -0.05) is 13.8 Å². The maximum Gasteiger partial charge on any atom is 0.156 e. The Morgan fingerprint density at radius 2 is 1.80 bits per heavy atom. The van der Waals surface area contributed by atoms with Gasteiger partial charge in [-0.15, -0.1) is 0 Å². The van der Waals surface area contributed by atoms with E-state index in [9.17, 15) is 0 Å². The van der Waals surface area contributed by atoms with Gasteiger partial charge >= 0.3 is 0 Å². The third kappa shape index (κ3) is 1.70. The average Bonchev–Trinajstić information content (AvgIpc) is 2.72. The monoisotopic (exact) mass is 274 g/mol. The van der Waals surface area contributed by atoms with E-state index in [2.05, 4.69) is 24.0 Å². The molecule has 1 aromatic heterocycles. The van der Waals surface area contributed by atoms with Crippen molar-refractivity contribution in [1.29, 1.82) is 0 Å². The van der Waals surface area contributed by atoms with Gasteiger partial charge in [0.2, 0.25) is 0 Å². The summed E-state index contributed by atoms with van der Waals surface area (Å²) < 4.78 is 0. The molecule has 0 aromatic carbocycles. The number of hydrogen-bond acceptors (Lipinski definition) is 3. The van der Waals surface area contributed by atoms with Crippen molar-refractivity contribution in [3.63, 3.8) is 0 Å². The van der Waals surface area contributed by atoms with Crippen LogP contribution in [-0.2, 0) is 5.41 Å². The summed E-state index contributed by atoms with van der Waals surface area (Å²) in [7, 11) is 0. The third-order valence-electron chi connectivity index (χ3n) is 6.03. The van der Waals surface area contributed by atoms with Gasteiger partial charge in [0.15, 0.2) is 5.82 Å². The largest absolute Gasteiger partial charge is 0.322 e. The molecule has 4 aliphatic rings. The SMILES string of the molecule is CC(N)c1nc(C23CC4CC(C)(CC(C)(C4)C2)C3)n[nH]1. The summed E-state index contributed by atoms with van der Waals surface area (Å²) in [5.74, 6) is 2.76. The number of nitrogens with zero attached hydrogens (tertiary/aromatic N) is 2. The molecule has 4 bridgehead atoms. The van der Waals surface area contributed by atoms with Crippen LogP contribution in [0.5, 0.6) is 0 Å². The zero-order chi connectivity index (χ0) is 14.2. The van der Waals surface area contributed by atoms with Gasteiger partial charge < -0.3 is 5.73 Å². The van der Waals surface area contributed by atoms with E-state index in [0.29, 0.717) is 10.8 Å². The van der Waals surface area contributed by atoms with Gasteiger partial charge in [-0.05, 0) is 62.2 Å². The number of hydrogen-bond donors (Lipinski definition) is 2. The average molecular weight is 274 g/mol. The molecule has 4 nitrogen and oxygen atoms in total. The van der Waals surface area contributed by atoms with Crippen molar-refractivity contribution >= 4 is 0 Å². The Balaban J connectivity index is 1.76. The minimum Gasteiger partial charge on any atom is -0.322 e. The Morgan fingerprint density at radius 1 is 1.15 bits per heavy atom. The number of H-pyrrole nitrogens is 1. The molecule has 3 unspecified atom stereocenters. The molecule has 1 heterocycles. The molecule has 4 fully saturated rings. The Hall–Kier alpha value is -0.900. The van der Waals surface area contributed by atoms with Gasteiger partial charge in [-0.2, -0.15) is 5.10 Å². The lowest BCUT2D eigenvalue weighted by molar-refractivity contribution is -0.112. The lowest BCUT2D eigenvalue weighted by Crippen LogP contribution is -2.57. The first-order chi connectivity index (χ1) is 9.32. The van der Waals surface area contributed by atoms with E-state index in [1.165, 1.54) is 38.5 Å². The van der Waals surface area contributed by atoms with Crippen LogP contribution in [0, 0.1) is 16.7 Å². The molecule has 3 N–H and O–H groups in total. The molecule has 20 heavy (non-hydrogen) atoms. The van der Waals surface area contributed by atoms with E-state index in [0.717, 1.165) is 17.6 Å². The van der Waals surface area contributed by atoms with Crippen LogP contribution < -0.4 is 5.73 Å². The highest BCUT2D eigenvalue weighted by Crippen LogP contribution is 2.69. The van der Waals surface area contributed by atoms with Gasteiger partial charge in [0, 0.05) is 5.41 Å². The molecule has 1 aromatic rings. The molecular weight excluding hydrogens is 248 g/mol. The Bertz CT molecular complexity index is 528. The van der Waals surface area contributed by atoms with Gasteiger partial charge in [0.25, 0.3) is 0 Å². The van der Waals surface area contributed by atoms with Gasteiger partial charge in [0.05, 0.1) is 6.04 Å². The van der Waals surface area contributed by atoms with Crippen LogP contribution >= 0.6 is 0 Å². The number of nitrogens with one attached hydrogen (secondary N) is 1. The summed E-state index contributed by atoms with van der Waals surface area (Å²) >= 11 is 0. The van der Waals surface area contributed by atoms with Crippen LogP contribution in [0.25, 0.3) is 0 Å². The molecule has 0 spiro atoms. The Labute approximate surface area is 120 Å². The van der Waals surface area contributed by atoms with Crippen molar-refractivity contribution in [3.05, 3.63) is 11.6 Å². The van der Waals surface area contributed by atoms with Crippen LogP contribution in [0.1, 0.15) is 77.0 Å². The molecule has 4 aliphatic carbocycles. The molecule has 0 amide bonds. The minimum absolute atomic E-state index is 0.0589. The lowest BCUT2D eigenvalue weighted by Gasteiger charge is -2.64. The van der Waals surface area contributed by atoms with Crippen molar-refractivity contribution < 1.29 is 0 Å². The summed E-state index contributed by atoms with van der Waals surface area (Å²) in [5, 5.41) is 7.64. The summed E-state index contributed by atoms with van der Waals surface area (Å²) in [6, 6.07) is -0.0589. The van der Waals surface area contributed by atoms with E-state index in [1.54, 1.807) is 0 Å². The summed E-state index contributed by atoms with van der Waals surface area (Å²) in [5.41, 5.74) is 7.16. The molecule has 5 rings (SSSR count). The fourth-order valence-corrected chi connectivity index (χ4v) is 6.41. The van der Waals surface area contributed by atoms with Crippen LogP contribution in [0.15, 0.2) is 0 Å². The van der Waals surface area contributed by atoms with E-state index in [-0.39, 0.29) is 11.5 Å². The van der Waals surface area contributed by atoms with Gasteiger partial charge in [-0.3, -0.25) is 5.10 Å². The maximum atomic E-state index is 5.94. The number of aromatic nitrogens is 3. The first-order valence-electron chi connectivity index (χ1n) is 8.00. The highest BCUT2D eigenvalue weighted by atomic mass is 15.2. The minimum atomic E-state index is -0.0589. The number of nitrogens with two attached hydrogens (primary N) is 1. The van der Waals surface area contributed by atoms with E-state index < -0.39 is 0 Å². The molecule has 0 saturated heterocycles. The van der Waals surface area contributed by atoms with Crippen molar-refractivity contribution in [1.82, 2.24) is 15.2 Å². The molecule has 0 aliphatic heterocycles. The molecule has 0 radical (unpaired) electrons. The molecular formula is C16H26N4. The van der Waals surface area contributed by atoms with Gasteiger partial charge in [0.1, 0.15) is 5.82 Å². The van der Waals surface area contributed by atoms with Crippen molar-refractivity contribution in [2.75, 3.05) is 0 Å². The fourth-order valence-electron chi connectivity index (χ4n) is 6.41. The predicted molar refractivity (Wildman–Crippen MR) is 78.1 cm³/mol. The van der Waals surface area contributed by atoms with Crippen molar-refractivity contribution in [2.24, 2.45) is 22.5 Å². The lowest BCUT2D eigenvalue weighted by atomic mass is 9.40. The molecule has 110 valence electrons. The number of aromatic amines is 1.